The number of rotatable bonds is 3. The summed E-state index contributed by atoms with van der Waals surface area (Å²) < 4.78 is 0. The highest BCUT2D eigenvalue weighted by Crippen LogP contribution is 2.13. The molecule has 92 valence electrons. The number of nitrogens with one attached hydrogen (secondary N) is 1. The van der Waals surface area contributed by atoms with Crippen molar-refractivity contribution in [1.29, 1.82) is 0 Å². The second-order valence-corrected chi connectivity index (χ2v) is 4.24. The Labute approximate surface area is 111 Å². The Morgan fingerprint density at radius 2 is 2.17 bits per heavy atom. The first-order valence-corrected chi connectivity index (χ1v) is 6.11. The molecule has 0 aliphatic rings. The van der Waals surface area contributed by atoms with Crippen LogP contribution in [0.25, 0.3) is 0 Å². The van der Waals surface area contributed by atoms with E-state index in [9.17, 15) is 4.79 Å². The maximum absolute atomic E-state index is 12.0. The van der Waals surface area contributed by atoms with Gasteiger partial charge in [-0.1, -0.05) is 12.1 Å². The van der Waals surface area contributed by atoms with Crippen LogP contribution in [0.2, 0.25) is 0 Å². The van der Waals surface area contributed by atoms with Crippen molar-refractivity contribution in [2.45, 2.75) is 12.8 Å². The van der Waals surface area contributed by atoms with Crippen molar-refractivity contribution in [2.24, 2.45) is 0 Å². The fourth-order valence-electron chi connectivity index (χ4n) is 1.62. The highest BCUT2D eigenvalue weighted by molar-refractivity contribution is 6.17. The van der Waals surface area contributed by atoms with E-state index >= 15 is 0 Å². The van der Waals surface area contributed by atoms with Crippen LogP contribution in [0.1, 0.15) is 21.6 Å². The maximum atomic E-state index is 12.0. The molecule has 0 fully saturated rings. The zero-order chi connectivity index (χ0) is 13.0. The molecule has 0 saturated heterocycles. The number of aromatic nitrogens is 1. The van der Waals surface area contributed by atoms with Gasteiger partial charge in [0, 0.05) is 29.0 Å². The van der Waals surface area contributed by atoms with Gasteiger partial charge in [-0.2, -0.15) is 0 Å². The van der Waals surface area contributed by atoms with Gasteiger partial charge in [0.25, 0.3) is 5.91 Å². The number of pyridine rings is 1. The van der Waals surface area contributed by atoms with E-state index < -0.39 is 0 Å². The van der Waals surface area contributed by atoms with Crippen molar-refractivity contribution in [1.82, 2.24) is 4.98 Å². The van der Waals surface area contributed by atoms with Gasteiger partial charge in [-0.25, -0.2) is 0 Å². The van der Waals surface area contributed by atoms with Gasteiger partial charge in [0.2, 0.25) is 0 Å². The Balaban J connectivity index is 2.16. The molecule has 0 aliphatic carbocycles. The molecular formula is C14H13ClN2O. The average molecular weight is 261 g/mol. The molecule has 1 N–H and O–H groups in total. The predicted octanol–water partition coefficient (Wildman–Crippen LogP) is 3.38. The number of benzene rings is 1. The molecule has 0 aliphatic heterocycles. The molecule has 18 heavy (non-hydrogen) atoms. The number of nitrogens with zero attached hydrogens (tertiary/aromatic N) is 1. The lowest BCUT2D eigenvalue weighted by Gasteiger charge is -2.06. The molecule has 3 nitrogen and oxygen atoms in total. The summed E-state index contributed by atoms with van der Waals surface area (Å²) in [6, 6.07) is 10.9. The molecule has 4 heteroatoms. The van der Waals surface area contributed by atoms with E-state index in [-0.39, 0.29) is 5.91 Å². The average Bonchev–Trinajstić information content (AvgIpc) is 2.39. The van der Waals surface area contributed by atoms with Crippen molar-refractivity contribution in [3.63, 3.8) is 0 Å². The first kappa shape index (κ1) is 12.6. The van der Waals surface area contributed by atoms with Gasteiger partial charge in [0.1, 0.15) is 0 Å². The second-order valence-electron chi connectivity index (χ2n) is 3.97. The van der Waals surface area contributed by atoms with E-state index in [2.05, 4.69) is 10.3 Å². The summed E-state index contributed by atoms with van der Waals surface area (Å²) in [4.78, 5) is 16.1. The van der Waals surface area contributed by atoms with E-state index in [0.717, 1.165) is 16.9 Å². The highest BCUT2D eigenvalue weighted by Gasteiger charge is 2.06. The predicted molar refractivity (Wildman–Crippen MR) is 72.9 cm³/mol. The molecule has 2 aromatic rings. The van der Waals surface area contributed by atoms with E-state index in [1.807, 2.05) is 31.2 Å². The molecule has 0 saturated carbocycles. The number of anilines is 1. The number of hydrogen-bond acceptors (Lipinski definition) is 2. The molecule has 0 radical (unpaired) electrons. The largest absolute Gasteiger partial charge is 0.322 e. The van der Waals surface area contributed by atoms with Crippen molar-refractivity contribution in [2.75, 3.05) is 5.32 Å². The van der Waals surface area contributed by atoms with Gasteiger partial charge < -0.3 is 5.32 Å². The monoisotopic (exact) mass is 260 g/mol. The molecule has 0 atom stereocenters. The summed E-state index contributed by atoms with van der Waals surface area (Å²) in [6.07, 6.45) is 1.62. The normalized spacial score (nSPS) is 10.1. The molecule has 2 rings (SSSR count). The first-order valence-electron chi connectivity index (χ1n) is 5.58. The van der Waals surface area contributed by atoms with Crippen molar-refractivity contribution >= 4 is 23.2 Å². The number of halogens is 1. The quantitative estimate of drug-likeness (QED) is 0.860. The molecule has 1 aromatic carbocycles. The minimum atomic E-state index is -0.146. The van der Waals surface area contributed by atoms with Crippen molar-refractivity contribution < 1.29 is 4.79 Å². The van der Waals surface area contributed by atoms with Gasteiger partial charge in [0.05, 0.1) is 0 Å². The van der Waals surface area contributed by atoms with Crippen molar-refractivity contribution in [3.8, 4) is 0 Å². The third-order valence-corrected chi connectivity index (χ3v) is 2.81. The van der Waals surface area contributed by atoms with Crippen LogP contribution in [-0.2, 0) is 5.88 Å². The van der Waals surface area contributed by atoms with Gasteiger partial charge in [0.15, 0.2) is 0 Å². The number of amides is 1. The van der Waals surface area contributed by atoms with Gasteiger partial charge in [-0.15, -0.1) is 11.6 Å². The zero-order valence-electron chi connectivity index (χ0n) is 9.98. The number of alkyl halides is 1. The van der Waals surface area contributed by atoms with E-state index in [0.29, 0.717) is 11.4 Å². The molecule has 0 spiro atoms. The third-order valence-electron chi connectivity index (χ3n) is 2.50. The number of carbonyl (C=O) groups excluding carboxylic acids is 1. The molecule has 1 aromatic heterocycles. The van der Waals surface area contributed by atoms with Crippen LogP contribution >= 0.6 is 11.6 Å². The Morgan fingerprint density at radius 3 is 2.89 bits per heavy atom. The Bertz CT molecular complexity index is 569. The minimum absolute atomic E-state index is 0.146. The number of carbonyl (C=O) groups is 1. The summed E-state index contributed by atoms with van der Waals surface area (Å²) >= 11 is 5.75. The number of hydrogen-bond donors (Lipinski definition) is 1. The minimum Gasteiger partial charge on any atom is -0.322 e. The summed E-state index contributed by atoms with van der Waals surface area (Å²) in [7, 11) is 0. The van der Waals surface area contributed by atoms with Gasteiger partial charge in [-0.3, -0.25) is 9.78 Å². The van der Waals surface area contributed by atoms with Gasteiger partial charge in [-0.05, 0) is 36.8 Å². The first-order chi connectivity index (χ1) is 8.69. The second kappa shape index (κ2) is 5.65. The van der Waals surface area contributed by atoms with Crippen LogP contribution < -0.4 is 5.32 Å². The standard InChI is InChI=1S/C14H13ClN2O/c1-10-7-12(5-6-16-10)14(18)17-13-4-2-3-11(8-13)9-15/h2-8H,9H2,1H3,(H,17,18). The Morgan fingerprint density at radius 1 is 1.33 bits per heavy atom. The maximum Gasteiger partial charge on any atom is 0.255 e. The lowest BCUT2D eigenvalue weighted by molar-refractivity contribution is 0.102. The molecular weight excluding hydrogens is 248 g/mol. The SMILES string of the molecule is Cc1cc(C(=O)Nc2cccc(CCl)c2)ccn1. The van der Waals surface area contributed by atoms with Crippen molar-refractivity contribution in [3.05, 3.63) is 59.4 Å². The van der Waals surface area contributed by atoms with Crippen LogP contribution in [0.5, 0.6) is 0 Å². The summed E-state index contributed by atoms with van der Waals surface area (Å²) in [5.74, 6) is 0.283. The Hall–Kier alpha value is -1.87. The van der Waals surface area contributed by atoms with E-state index in [1.165, 1.54) is 0 Å². The molecule has 1 heterocycles. The lowest BCUT2D eigenvalue weighted by Crippen LogP contribution is -2.12. The fraction of sp³-hybridized carbons (Fsp3) is 0.143. The van der Waals surface area contributed by atoms with Crippen LogP contribution in [0.4, 0.5) is 5.69 Å². The summed E-state index contributed by atoms with van der Waals surface area (Å²) in [6.45, 7) is 1.85. The third kappa shape index (κ3) is 3.08. The smallest absolute Gasteiger partial charge is 0.255 e. The molecule has 0 unspecified atom stereocenters. The van der Waals surface area contributed by atoms with Crippen LogP contribution in [0.3, 0.4) is 0 Å². The lowest BCUT2D eigenvalue weighted by atomic mass is 10.2. The van der Waals surface area contributed by atoms with Crippen LogP contribution in [0, 0.1) is 6.92 Å². The summed E-state index contributed by atoms with van der Waals surface area (Å²) in [5, 5.41) is 2.83. The van der Waals surface area contributed by atoms with E-state index in [1.54, 1.807) is 18.3 Å². The molecule has 1 amide bonds. The van der Waals surface area contributed by atoms with Crippen LogP contribution in [-0.4, -0.2) is 10.9 Å². The molecule has 0 bridgehead atoms. The topological polar surface area (TPSA) is 42.0 Å². The van der Waals surface area contributed by atoms with Gasteiger partial charge >= 0.3 is 0 Å². The number of aryl methyl sites for hydroxylation is 1. The zero-order valence-corrected chi connectivity index (χ0v) is 10.7. The Kier molecular flexibility index (Phi) is 3.95. The summed E-state index contributed by atoms with van der Waals surface area (Å²) in [5.41, 5.74) is 3.13. The highest BCUT2D eigenvalue weighted by atomic mass is 35.5. The van der Waals surface area contributed by atoms with E-state index in [4.69, 9.17) is 11.6 Å². The fourth-order valence-corrected chi connectivity index (χ4v) is 1.79. The van der Waals surface area contributed by atoms with Crippen LogP contribution in [0.15, 0.2) is 42.6 Å².